The molecule has 2 N–H and O–H groups in total. The van der Waals surface area contributed by atoms with Crippen LogP contribution >= 0.6 is 0 Å². The van der Waals surface area contributed by atoms with Gasteiger partial charge in [0, 0.05) is 23.2 Å². The van der Waals surface area contributed by atoms with Crippen LogP contribution in [0.4, 0.5) is 0 Å². The van der Waals surface area contributed by atoms with Crippen LogP contribution in [0.25, 0.3) is 11.3 Å². The number of carboxylic acid groups (broad SMARTS) is 1. The molecule has 2 aromatic rings. The fourth-order valence-electron chi connectivity index (χ4n) is 2.20. The molecule has 100 valence electrons. The Labute approximate surface area is 112 Å². The van der Waals surface area contributed by atoms with Gasteiger partial charge in [-0.1, -0.05) is 17.7 Å². The third-order valence-corrected chi connectivity index (χ3v) is 3.31. The van der Waals surface area contributed by atoms with Crippen molar-refractivity contribution in [3.8, 4) is 11.3 Å². The Morgan fingerprint density at radius 1 is 1.32 bits per heavy atom. The second kappa shape index (κ2) is 5.26. The Bertz CT molecular complexity index is 615. The van der Waals surface area contributed by atoms with E-state index in [9.17, 15) is 4.79 Å². The van der Waals surface area contributed by atoms with Gasteiger partial charge in [0.1, 0.15) is 0 Å². The van der Waals surface area contributed by atoms with E-state index in [-0.39, 0.29) is 6.42 Å². The van der Waals surface area contributed by atoms with E-state index in [0.717, 1.165) is 28.1 Å². The van der Waals surface area contributed by atoms with Crippen LogP contribution in [0.5, 0.6) is 0 Å². The summed E-state index contributed by atoms with van der Waals surface area (Å²) >= 11 is 0. The van der Waals surface area contributed by atoms with Crippen LogP contribution in [0.15, 0.2) is 18.2 Å². The number of aryl methyl sites for hydroxylation is 3. The first-order valence-corrected chi connectivity index (χ1v) is 6.32. The van der Waals surface area contributed by atoms with Gasteiger partial charge in [0.05, 0.1) is 5.69 Å². The molecule has 4 heteroatoms. The van der Waals surface area contributed by atoms with E-state index in [1.807, 2.05) is 20.8 Å². The van der Waals surface area contributed by atoms with Gasteiger partial charge in [0.15, 0.2) is 0 Å². The smallest absolute Gasteiger partial charge is 0.303 e. The third-order valence-electron chi connectivity index (χ3n) is 3.31. The van der Waals surface area contributed by atoms with Crippen molar-refractivity contribution in [3.63, 3.8) is 0 Å². The highest BCUT2D eigenvalue weighted by Gasteiger charge is 2.15. The molecular formula is C15H18N2O2. The van der Waals surface area contributed by atoms with E-state index in [1.54, 1.807) is 0 Å². The van der Waals surface area contributed by atoms with Crippen molar-refractivity contribution in [1.82, 2.24) is 10.2 Å². The van der Waals surface area contributed by atoms with Crippen LogP contribution in [0.1, 0.15) is 28.8 Å². The number of aromatic nitrogens is 2. The van der Waals surface area contributed by atoms with Gasteiger partial charge in [0.25, 0.3) is 0 Å². The van der Waals surface area contributed by atoms with E-state index in [0.29, 0.717) is 6.42 Å². The van der Waals surface area contributed by atoms with Gasteiger partial charge in [-0.2, -0.15) is 5.10 Å². The maximum Gasteiger partial charge on any atom is 0.303 e. The Morgan fingerprint density at radius 3 is 2.74 bits per heavy atom. The van der Waals surface area contributed by atoms with E-state index in [4.69, 9.17) is 5.11 Å². The topological polar surface area (TPSA) is 66.0 Å². The van der Waals surface area contributed by atoms with Crippen LogP contribution in [0, 0.1) is 20.8 Å². The van der Waals surface area contributed by atoms with Crippen molar-refractivity contribution in [2.45, 2.75) is 33.6 Å². The highest BCUT2D eigenvalue weighted by Crippen LogP contribution is 2.28. The van der Waals surface area contributed by atoms with E-state index < -0.39 is 5.97 Å². The lowest BCUT2D eigenvalue weighted by Gasteiger charge is -2.07. The number of aromatic amines is 1. The summed E-state index contributed by atoms with van der Waals surface area (Å²) in [5.41, 5.74) is 6.21. The first-order valence-electron chi connectivity index (χ1n) is 6.32. The molecule has 0 atom stereocenters. The molecule has 0 aliphatic heterocycles. The molecule has 1 aromatic carbocycles. The minimum Gasteiger partial charge on any atom is -0.481 e. The number of H-pyrrole nitrogens is 1. The first kappa shape index (κ1) is 13.3. The Kier molecular flexibility index (Phi) is 3.69. The molecule has 0 aliphatic carbocycles. The molecule has 0 saturated heterocycles. The SMILES string of the molecule is Cc1ccc(C)c(-c2n[nH]c(C)c2CCC(=O)O)c1. The molecular weight excluding hydrogens is 240 g/mol. The largest absolute Gasteiger partial charge is 0.481 e. The number of hydrogen-bond acceptors (Lipinski definition) is 2. The summed E-state index contributed by atoms with van der Waals surface area (Å²) < 4.78 is 0. The second-order valence-corrected chi connectivity index (χ2v) is 4.89. The molecule has 4 nitrogen and oxygen atoms in total. The summed E-state index contributed by atoms with van der Waals surface area (Å²) in [6.07, 6.45) is 0.624. The lowest BCUT2D eigenvalue weighted by atomic mass is 9.97. The van der Waals surface area contributed by atoms with Crippen LogP contribution in [-0.2, 0) is 11.2 Å². The minimum absolute atomic E-state index is 0.123. The second-order valence-electron chi connectivity index (χ2n) is 4.89. The molecule has 0 fully saturated rings. The predicted molar refractivity (Wildman–Crippen MR) is 74.2 cm³/mol. The highest BCUT2D eigenvalue weighted by molar-refractivity contribution is 5.71. The maximum atomic E-state index is 10.7. The standard InChI is InChI=1S/C15H18N2O2/c1-9-4-5-10(2)13(8-9)15-12(6-7-14(18)19)11(3)16-17-15/h4-5,8H,6-7H2,1-3H3,(H,16,17)(H,18,19). The number of carbonyl (C=O) groups is 1. The van der Waals surface area contributed by atoms with Gasteiger partial charge in [0.2, 0.25) is 0 Å². The summed E-state index contributed by atoms with van der Waals surface area (Å²) in [6.45, 7) is 6.01. The number of nitrogens with one attached hydrogen (secondary N) is 1. The molecule has 0 unspecified atom stereocenters. The monoisotopic (exact) mass is 258 g/mol. The molecule has 0 bridgehead atoms. The number of carboxylic acids is 1. The van der Waals surface area contributed by atoms with E-state index in [2.05, 4.69) is 28.4 Å². The normalized spacial score (nSPS) is 10.7. The highest BCUT2D eigenvalue weighted by atomic mass is 16.4. The Balaban J connectivity index is 2.44. The zero-order chi connectivity index (χ0) is 14.0. The molecule has 0 radical (unpaired) electrons. The molecule has 19 heavy (non-hydrogen) atoms. The van der Waals surface area contributed by atoms with Crippen molar-refractivity contribution in [3.05, 3.63) is 40.6 Å². The van der Waals surface area contributed by atoms with Crippen molar-refractivity contribution >= 4 is 5.97 Å². The molecule has 0 spiro atoms. The Hall–Kier alpha value is -2.10. The van der Waals surface area contributed by atoms with E-state index >= 15 is 0 Å². The van der Waals surface area contributed by atoms with E-state index in [1.165, 1.54) is 5.56 Å². The number of hydrogen-bond donors (Lipinski definition) is 2. The number of nitrogens with zero attached hydrogens (tertiary/aromatic N) is 1. The van der Waals surface area contributed by atoms with Crippen molar-refractivity contribution in [1.29, 1.82) is 0 Å². The number of aliphatic carboxylic acids is 1. The van der Waals surface area contributed by atoms with Gasteiger partial charge >= 0.3 is 5.97 Å². The summed E-state index contributed by atoms with van der Waals surface area (Å²) in [5.74, 6) is -0.785. The van der Waals surface area contributed by atoms with Crippen LogP contribution < -0.4 is 0 Å². The lowest BCUT2D eigenvalue weighted by Crippen LogP contribution is -1.99. The van der Waals surface area contributed by atoms with Crippen LogP contribution in [0.2, 0.25) is 0 Å². The molecule has 1 heterocycles. The fourth-order valence-corrected chi connectivity index (χ4v) is 2.20. The van der Waals surface area contributed by atoms with Crippen LogP contribution in [-0.4, -0.2) is 21.3 Å². The van der Waals surface area contributed by atoms with Gasteiger partial charge < -0.3 is 5.11 Å². The summed E-state index contributed by atoms with van der Waals surface area (Å²) in [7, 11) is 0. The first-order chi connectivity index (χ1) is 8.99. The van der Waals surface area contributed by atoms with Crippen molar-refractivity contribution < 1.29 is 9.90 Å². The molecule has 1 aromatic heterocycles. The quantitative estimate of drug-likeness (QED) is 0.885. The maximum absolute atomic E-state index is 10.7. The van der Waals surface area contributed by atoms with Crippen molar-refractivity contribution in [2.75, 3.05) is 0 Å². The average molecular weight is 258 g/mol. The minimum atomic E-state index is -0.785. The van der Waals surface area contributed by atoms with Crippen molar-refractivity contribution in [2.24, 2.45) is 0 Å². The fraction of sp³-hybridized carbons (Fsp3) is 0.333. The van der Waals surface area contributed by atoms with Gasteiger partial charge in [-0.05, 0) is 38.8 Å². The zero-order valence-electron chi connectivity index (χ0n) is 11.4. The molecule has 2 rings (SSSR count). The summed E-state index contributed by atoms with van der Waals surface area (Å²) in [4.78, 5) is 10.7. The summed E-state index contributed by atoms with van der Waals surface area (Å²) in [6, 6.07) is 6.22. The zero-order valence-corrected chi connectivity index (χ0v) is 11.4. The van der Waals surface area contributed by atoms with Gasteiger partial charge in [-0.25, -0.2) is 0 Å². The number of benzene rings is 1. The predicted octanol–water partition coefficient (Wildman–Crippen LogP) is 3.02. The van der Waals surface area contributed by atoms with Crippen LogP contribution in [0.3, 0.4) is 0 Å². The Morgan fingerprint density at radius 2 is 2.05 bits per heavy atom. The van der Waals surface area contributed by atoms with Gasteiger partial charge in [-0.3, -0.25) is 9.89 Å². The molecule has 0 aliphatic rings. The average Bonchev–Trinajstić information content (AvgIpc) is 2.71. The number of rotatable bonds is 4. The van der Waals surface area contributed by atoms with Gasteiger partial charge in [-0.15, -0.1) is 0 Å². The molecule has 0 amide bonds. The molecule has 0 saturated carbocycles. The summed E-state index contributed by atoms with van der Waals surface area (Å²) in [5, 5.41) is 16.1. The lowest BCUT2D eigenvalue weighted by molar-refractivity contribution is -0.136. The third kappa shape index (κ3) is 2.84.